The van der Waals surface area contributed by atoms with E-state index in [1.54, 1.807) is 4.90 Å². The van der Waals surface area contributed by atoms with Crippen LogP contribution in [0.15, 0.2) is 0 Å². The van der Waals surface area contributed by atoms with E-state index in [4.69, 9.17) is 14.9 Å². The van der Waals surface area contributed by atoms with E-state index in [0.29, 0.717) is 13.2 Å². The summed E-state index contributed by atoms with van der Waals surface area (Å²) >= 11 is 0. The van der Waals surface area contributed by atoms with Gasteiger partial charge in [0.2, 0.25) is 0 Å². The highest BCUT2D eigenvalue weighted by atomic mass is 16.5. The summed E-state index contributed by atoms with van der Waals surface area (Å²) in [6.07, 6.45) is 2.06. The maximum absolute atomic E-state index is 12.1. The number of hydrogen-bond donors (Lipinski definition) is 3. The molecule has 1 aliphatic carbocycles. The van der Waals surface area contributed by atoms with Gasteiger partial charge in [0.25, 0.3) is 0 Å². The van der Waals surface area contributed by atoms with E-state index in [1.165, 1.54) is 0 Å². The molecule has 0 aromatic heterocycles. The standard InChI is InChI=1S/C12H18N2O6/c15-10(16)6-7(11(17)18)13-12(19)14-4-5-20-9-3-1-2-8(9)14/h7-9H,1-6H2,(H,13,19)(H,15,16)(H,17,18). The Labute approximate surface area is 115 Å². The highest BCUT2D eigenvalue weighted by Gasteiger charge is 2.39. The van der Waals surface area contributed by atoms with Gasteiger partial charge >= 0.3 is 18.0 Å². The van der Waals surface area contributed by atoms with E-state index in [1.807, 2.05) is 0 Å². The minimum atomic E-state index is -1.41. The van der Waals surface area contributed by atoms with Gasteiger partial charge in [-0.1, -0.05) is 0 Å². The van der Waals surface area contributed by atoms with Crippen LogP contribution in [0.4, 0.5) is 4.79 Å². The van der Waals surface area contributed by atoms with Crippen LogP contribution in [0.5, 0.6) is 0 Å². The zero-order valence-corrected chi connectivity index (χ0v) is 10.9. The third-order valence-electron chi connectivity index (χ3n) is 3.72. The Hall–Kier alpha value is -1.83. The quantitative estimate of drug-likeness (QED) is 0.663. The number of fused-ring (bicyclic) bond motifs is 1. The molecule has 1 saturated heterocycles. The molecule has 3 N–H and O–H groups in total. The van der Waals surface area contributed by atoms with E-state index < -0.39 is 30.4 Å². The number of carboxylic acid groups (broad SMARTS) is 2. The topological polar surface area (TPSA) is 116 Å². The lowest BCUT2D eigenvalue weighted by atomic mass is 10.1. The van der Waals surface area contributed by atoms with E-state index >= 15 is 0 Å². The molecule has 1 aliphatic heterocycles. The van der Waals surface area contributed by atoms with Gasteiger partial charge in [-0.2, -0.15) is 0 Å². The van der Waals surface area contributed by atoms with Crippen molar-refractivity contribution in [3.05, 3.63) is 0 Å². The molecule has 2 rings (SSSR count). The molecular formula is C12H18N2O6. The molecule has 2 amide bonds. The molecule has 8 heteroatoms. The van der Waals surface area contributed by atoms with E-state index in [0.717, 1.165) is 19.3 Å². The number of aliphatic carboxylic acids is 2. The predicted molar refractivity (Wildman–Crippen MR) is 66.3 cm³/mol. The number of nitrogens with zero attached hydrogens (tertiary/aromatic N) is 1. The Morgan fingerprint density at radius 3 is 2.70 bits per heavy atom. The molecule has 3 unspecified atom stereocenters. The van der Waals surface area contributed by atoms with Gasteiger partial charge < -0.3 is 25.2 Å². The number of carbonyl (C=O) groups is 3. The number of nitrogens with one attached hydrogen (secondary N) is 1. The summed E-state index contributed by atoms with van der Waals surface area (Å²) in [5.41, 5.74) is 0. The van der Waals surface area contributed by atoms with Crippen molar-refractivity contribution in [2.45, 2.75) is 43.9 Å². The van der Waals surface area contributed by atoms with E-state index in [-0.39, 0.29) is 12.1 Å². The second kappa shape index (κ2) is 6.08. The monoisotopic (exact) mass is 286 g/mol. The smallest absolute Gasteiger partial charge is 0.326 e. The van der Waals surface area contributed by atoms with Gasteiger partial charge in [-0.3, -0.25) is 4.79 Å². The normalized spacial score (nSPS) is 26.7. The van der Waals surface area contributed by atoms with Crippen molar-refractivity contribution in [2.24, 2.45) is 0 Å². The van der Waals surface area contributed by atoms with Gasteiger partial charge in [-0.15, -0.1) is 0 Å². The number of amides is 2. The zero-order valence-electron chi connectivity index (χ0n) is 10.9. The Balaban J connectivity index is 1.98. The summed E-state index contributed by atoms with van der Waals surface area (Å²) in [5.74, 6) is -2.62. The van der Waals surface area contributed by atoms with Crippen LogP contribution in [0.25, 0.3) is 0 Å². The summed E-state index contributed by atoms with van der Waals surface area (Å²) in [6, 6.07) is -1.98. The number of carboxylic acids is 2. The van der Waals surface area contributed by atoms with Crippen LogP contribution in [0.2, 0.25) is 0 Å². The molecule has 20 heavy (non-hydrogen) atoms. The summed E-state index contributed by atoms with van der Waals surface area (Å²) in [5, 5.41) is 19.9. The fraction of sp³-hybridized carbons (Fsp3) is 0.750. The van der Waals surface area contributed by atoms with Crippen molar-refractivity contribution in [3.8, 4) is 0 Å². The molecule has 8 nitrogen and oxygen atoms in total. The van der Waals surface area contributed by atoms with Crippen molar-refractivity contribution < 1.29 is 29.3 Å². The van der Waals surface area contributed by atoms with Crippen molar-refractivity contribution in [2.75, 3.05) is 13.2 Å². The number of rotatable bonds is 4. The van der Waals surface area contributed by atoms with Crippen LogP contribution in [-0.4, -0.2) is 64.4 Å². The van der Waals surface area contributed by atoms with Gasteiger partial charge in [-0.05, 0) is 19.3 Å². The van der Waals surface area contributed by atoms with E-state index in [9.17, 15) is 14.4 Å². The highest BCUT2D eigenvalue weighted by Crippen LogP contribution is 2.29. The molecule has 0 bridgehead atoms. The van der Waals surface area contributed by atoms with Gasteiger partial charge in [0.15, 0.2) is 0 Å². The molecule has 3 atom stereocenters. The number of carbonyl (C=O) groups excluding carboxylic acids is 1. The van der Waals surface area contributed by atoms with Crippen molar-refractivity contribution >= 4 is 18.0 Å². The molecule has 1 heterocycles. The minimum absolute atomic E-state index is 0.0113. The Kier molecular flexibility index (Phi) is 4.43. The molecular weight excluding hydrogens is 268 g/mol. The van der Waals surface area contributed by atoms with Crippen molar-refractivity contribution in [1.82, 2.24) is 10.2 Å². The van der Waals surface area contributed by atoms with Crippen molar-refractivity contribution in [1.29, 1.82) is 0 Å². The summed E-state index contributed by atoms with van der Waals surface area (Å²) in [6.45, 7) is 0.817. The number of ether oxygens (including phenoxy) is 1. The number of morpholine rings is 1. The second-order valence-corrected chi connectivity index (χ2v) is 5.04. The molecule has 1 saturated carbocycles. The Bertz CT molecular complexity index is 413. The maximum Gasteiger partial charge on any atom is 0.326 e. The third kappa shape index (κ3) is 3.19. The first-order chi connectivity index (χ1) is 9.49. The Morgan fingerprint density at radius 2 is 2.05 bits per heavy atom. The molecule has 2 fully saturated rings. The molecule has 0 spiro atoms. The average Bonchev–Trinajstić information content (AvgIpc) is 2.84. The summed E-state index contributed by atoms with van der Waals surface area (Å²) in [7, 11) is 0. The zero-order chi connectivity index (χ0) is 14.7. The molecule has 0 aromatic rings. The first-order valence-corrected chi connectivity index (χ1v) is 6.62. The lowest BCUT2D eigenvalue weighted by Gasteiger charge is -2.38. The molecule has 0 aromatic carbocycles. The predicted octanol–water partition coefficient (Wildman–Crippen LogP) is -0.123. The lowest BCUT2D eigenvalue weighted by Crippen LogP contribution is -2.57. The summed E-state index contributed by atoms with van der Waals surface area (Å²) < 4.78 is 5.57. The minimum Gasteiger partial charge on any atom is -0.481 e. The number of urea groups is 1. The van der Waals surface area contributed by atoms with Crippen LogP contribution in [0, 0.1) is 0 Å². The largest absolute Gasteiger partial charge is 0.481 e. The molecule has 112 valence electrons. The highest BCUT2D eigenvalue weighted by molar-refractivity contribution is 5.86. The summed E-state index contributed by atoms with van der Waals surface area (Å²) in [4.78, 5) is 35.3. The van der Waals surface area contributed by atoms with E-state index in [2.05, 4.69) is 5.32 Å². The second-order valence-electron chi connectivity index (χ2n) is 5.04. The fourth-order valence-electron chi connectivity index (χ4n) is 2.78. The van der Waals surface area contributed by atoms with Gasteiger partial charge in [-0.25, -0.2) is 9.59 Å². The fourth-order valence-corrected chi connectivity index (χ4v) is 2.78. The van der Waals surface area contributed by atoms with Crippen LogP contribution < -0.4 is 5.32 Å². The molecule has 0 radical (unpaired) electrons. The van der Waals surface area contributed by atoms with Crippen molar-refractivity contribution in [3.63, 3.8) is 0 Å². The first-order valence-electron chi connectivity index (χ1n) is 6.62. The Morgan fingerprint density at radius 1 is 1.30 bits per heavy atom. The maximum atomic E-state index is 12.1. The van der Waals surface area contributed by atoms with Crippen LogP contribution in [0.3, 0.4) is 0 Å². The SMILES string of the molecule is O=C(O)CC(NC(=O)N1CCOC2CCCC21)C(=O)O. The van der Waals surface area contributed by atoms with Crippen LogP contribution in [-0.2, 0) is 14.3 Å². The van der Waals surface area contributed by atoms with Gasteiger partial charge in [0.1, 0.15) is 6.04 Å². The van der Waals surface area contributed by atoms with Gasteiger partial charge in [0, 0.05) is 6.54 Å². The average molecular weight is 286 g/mol. The van der Waals surface area contributed by atoms with Gasteiger partial charge in [0.05, 0.1) is 25.2 Å². The first kappa shape index (κ1) is 14.6. The van der Waals surface area contributed by atoms with Crippen LogP contribution >= 0.6 is 0 Å². The molecule has 2 aliphatic rings. The van der Waals surface area contributed by atoms with Crippen LogP contribution in [0.1, 0.15) is 25.7 Å². The number of hydrogen-bond acceptors (Lipinski definition) is 4. The lowest BCUT2D eigenvalue weighted by molar-refractivity contribution is -0.145. The third-order valence-corrected chi connectivity index (χ3v) is 3.72.